The molecule has 2 aromatic carbocycles. The molecule has 0 amide bonds. The van der Waals surface area contributed by atoms with Gasteiger partial charge in [-0.25, -0.2) is 0 Å². The van der Waals surface area contributed by atoms with Crippen LogP contribution in [0.15, 0.2) is 30.3 Å². The van der Waals surface area contributed by atoms with Crippen LogP contribution in [0.2, 0.25) is 0 Å². The Morgan fingerprint density at radius 1 is 0.818 bits per heavy atom. The Morgan fingerprint density at radius 3 is 2.09 bits per heavy atom. The first-order valence-corrected chi connectivity index (χ1v) is 5.91. The Hall–Kier alpha value is -3.56. The van der Waals surface area contributed by atoms with Gasteiger partial charge in [0.05, 0.1) is 20.3 Å². The summed E-state index contributed by atoms with van der Waals surface area (Å²) in [5.41, 5.74) is -1.22. The van der Waals surface area contributed by atoms with Gasteiger partial charge in [-0.2, -0.15) is 0 Å². The summed E-state index contributed by atoms with van der Waals surface area (Å²) in [5.74, 6) is 0. The van der Waals surface area contributed by atoms with E-state index in [2.05, 4.69) is 4.98 Å². The summed E-state index contributed by atoms with van der Waals surface area (Å²) in [4.78, 5) is 33.3. The zero-order chi connectivity index (χ0) is 16.0. The number of benzene rings is 2. The zero-order valence-electron chi connectivity index (χ0n) is 10.7. The van der Waals surface area contributed by atoms with Gasteiger partial charge in [-0.1, -0.05) is 0 Å². The predicted octanol–water partition coefficient (Wildman–Crippen LogP) is 3.05. The van der Waals surface area contributed by atoms with Crippen molar-refractivity contribution in [3.05, 3.63) is 60.7 Å². The Labute approximate surface area is 120 Å². The average molecular weight is 302 g/mol. The van der Waals surface area contributed by atoms with Gasteiger partial charge in [0.1, 0.15) is 5.52 Å². The SMILES string of the molecule is O=[N+]([O-])c1ccc2c(c1)[nH]c1c([N+](=O)[O-])c([N+](=O)[O-])ccc12. The molecular formula is C12H6N4O6. The molecule has 0 saturated heterocycles. The normalized spacial score (nSPS) is 10.9. The number of nitrogens with zero attached hydrogens (tertiary/aromatic N) is 3. The van der Waals surface area contributed by atoms with Crippen molar-refractivity contribution in [3.63, 3.8) is 0 Å². The Morgan fingerprint density at radius 2 is 1.50 bits per heavy atom. The number of non-ortho nitro benzene ring substituents is 1. The number of nitrogens with one attached hydrogen (secondary N) is 1. The van der Waals surface area contributed by atoms with Gasteiger partial charge in [0, 0.05) is 29.0 Å². The summed E-state index contributed by atoms with van der Waals surface area (Å²) in [7, 11) is 0. The minimum absolute atomic E-state index is 0.0327. The summed E-state index contributed by atoms with van der Waals surface area (Å²) >= 11 is 0. The molecule has 0 aliphatic carbocycles. The lowest BCUT2D eigenvalue weighted by Crippen LogP contribution is -1.97. The van der Waals surface area contributed by atoms with Crippen molar-refractivity contribution in [1.82, 2.24) is 4.98 Å². The summed E-state index contributed by atoms with van der Waals surface area (Å²) < 4.78 is 0. The average Bonchev–Trinajstić information content (AvgIpc) is 2.82. The molecule has 1 heterocycles. The molecule has 0 saturated carbocycles. The third-order valence-electron chi connectivity index (χ3n) is 3.30. The third kappa shape index (κ3) is 1.82. The lowest BCUT2D eigenvalue weighted by atomic mass is 10.1. The molecule has 0 bridgehead atoms. The number of aromatic nitrogens is 1. The lowest BCUT2D eigenvalue weighted by molar-refractivity contribution is -0.421. The summed E-state index contributed by atoms with van der Waals surface area (Å²) in [6, 6.07) is 6.37. The van der Waals surface area contributed by atoms with E-state index in [1.54, 1.807) is 0 Å². The maximum Gasteiger partial charge on any atom is 0.369 e. The number of aromatic amines is 1. The number of rotatable bonds is 3. The number of fused-ring (bicyclic) bond motifs is 3. The largest absolute Gasteiger partial charge is 0.369 e. The van der Waals surface area contributed by atoms with E-state index in [9.17, 15) is 30.3 Å². The molecule has 0 unspecified atom stereocenters. The lowest BCUT2D eigenvalue weighted by Gasteiger charge is -1.96. The quantitative estimate of drug-likeness (QED) is 0.581. The first kappa shape index (κ1) is 13.4. The Kier molecular flexibility index (Phi) is 2.73. The summed E-state index contributed by atoms with van der Waals surface area (Å²) in [5, 5.41) is 33.8. The van der Waals surface area contributed by atoms with Crippen LogP contribution in [0.3, 0.4) is 0 Å². The van der Waals surface area contributed by atoms with Gasteiger partial charge in [-0.05, 0) is 12.1 Å². The van der Waals surface area contributed by atoms with Crippen molar-refractivity contribution in [2.45, 2.75) is 0 Å². The second kappa shape index (κ2) is 4.48. The van der Waals surface area contributed by atoms with Crippen LogP contribution in [0.1, 0.15) is 0 Å². The minimum Gasteiger partial charge on any atom is -0.348 e. The molecule has 0 fully saturated rings. The maximum absolute atomic E-state index is 11.2. The minimum atomic E-state index is -0.843. The highest BCUT2D eigenvalue weighted by molar-refractivity contribution is 6.11. The van der Waals surface area contributed by atoms with E-state index >= 15 is 0 Å². The number of H-pyrrole nitrogens is 1. The van der Waals surface area contributed by atoms with Crippen molar-refractivity contribution in [2.75, 3.05) is 0 Å². The topological polar surface area (TPSA) is 145 Å². The monoisotopic (exact) mass is 302 g/mol. The molecule has 3 rings (SSSR count). The van der Waals surface area contributed by atoms with E-state index < -0.39 is 26.1 Å². The number of hydrogen-bond acceptors (Lipinski definition) is 6. The molecule has 10 nitrogen and oxygen atoms in total. The fraction of sp³-hybridized carbons (Fsp3) is 0. The van der Waals surface area contributed by atoms with Crippen molar-refractivity contribution in [3.8, 4) is 0 Å². The first-order valence-electron chi connectivity index (χ1n) is 5.91. The van der Waals surface area contributed by atoms with Gasteiger partial charge >= 0.3 is 11.4 Å². The van der Waals surface area contributed by atoms with Crippen LogP contribution in [0, 0.1) is 30.3 Å². The fourth-order valence-electron chi connectivity index (χ4n) is 2.38. The second-order valence-electron chi connectivity index (χ2n) is 4.48. The van der Waals surface area contributed by atoms with E-state index in [0.29, 0.717) is 16.3 Å². The van der Waals surface area contributed by atoms with Crippen LogP contribution < -0.4 is 0 Å². The summed E-state index contributed by atoms with van der Waals surface area (Å²) in [6.07, 6.45) is 0. The molecule has 0 aliphatic heterocycles. The number of nitro benzene ring substituents is 3. The smallest absolute Gasteiger partial charge is 0.348 e. The number of hydrogen-bond donors (Lipinski definition) is 1. The molecule has 110 valence electrons. The van der Waals surface area contributed by atoms with Crippen molar-refractivity contribution >= 4 is 38.9 Å². The van der Waals surface area contributed by atoms with Crippen LogP contribution in [0.5, 0.6) is 0 Å². The van der Waals surface area contributed by atoms with Crippen molar-refractivity contribution in [1.29, 1.82) is 0 Å². The molecule has 0 radical (unpaired) electrons. The Bertz CT molecular complexity index is 977. The van der Waals surface area contributed by atoms with Crippen LogP contribution in [0.4, 0.5) is 17.1 Å². The van der Waals surface area contributed by atoms with Crippen LogP contribution in [0.25, 0.3) is 21.8 Å². The molecule has 0 spiro atoms. The van der Waals surface area contributed by atoms with Gasteiger partial charge in [-0.15, -0.1) is 0 Å². The van der Waals surface area contributed by atoms with Crippen molar-refractivity contribution < 1.29 is 14.8 Å². The van der Waals surface area contributed by atoms with Gasteiger partial charge in [0.15, 0.2) is 0 Å². The molecule has 10 heteroatoms. The second-order valence-corrected chi connectivity index (χ2v) is 4.48. The van der Waals surface area contributed by atoms with E-state index in [1.807, 2.05) is 0 Å². The maximum atomic E-state index is 11.2. The van der Waals surface area contributed by atoms with Crippen LogP contribution >= 0.6 is 0 Å². The zero-order valence-corrected chi connectivity index (χ0v) is 10.7. The number of nitro groups is 3. The van der Waals surface area contributed by atoms with E-state index in [4.69, 9.17) is 0 Å². The highest BCUT2D eigenvalue weighted by atomic mass is 16.6. The molecular weight excluding hydrogens is 296 g/mol. The van der Waals surface area contributed by atoms with E-state index in [1.165, 1.54) is 24.3 Å². The van der Waals surface area contributed by atoms with Gasteiger partial charge in [0.2, 0.25) is 0 Å². The molecule has 0 aliphatic rings. The van der Waals surface area contributed by atoms with E-state index in [-0.39, 0.29) is 11.2 Å². The van der Waals surface area contributed by atoms with Gasteiger partial charge in [-0.3, -0.25) is 30.3 Å². The Balaban J connectivity index is 2.44. The van der Waals surface area contributed by atoms with E-state index in [0.717, 1.165) is 6.07 Å². The predicted molar refractivity (Wildman–Crippen MR) is 75.8 cm³/mol. The van der Waals surface area contributed by atoms with Crippen molar-refractivity contribution in [2.24, 2.45) is 0 Å². The summed E-state index contributed by atoms with van der Waals surface area (Å²) in [6.45, 7) is 0. The first-order chi connectivity index (χ1) is 10.4. The molecule has 22 heavy (non-hydrogen) atoms. The van der Waals surface area contributed by atoms with Crippen LogP contribution in [-0.4, -0.2) is 19.8 Å². The highest BCUT2D eigenvalue weighted by Crippen LogP contribution is 2.38. The molecule has 3 aromatic rings. The van der Waals surface area contributed by atoms with Gasteiger partial charge in [0.25, 0.3) is 5.69 Å². The molecule has 0 atom stereocenters. The highest BCUT2D eigenvalue weighted by Gasteiger charge is 2.29. The fourth-order valence-corrected chi connectivity index (χ4v) is 2.38. The standard InChI is InChI=1S/C12H6N4O6/c17-14(18)6-1-2-7-8-3-4-10(15(19)20)12(16(21)22)11(8)13-9(7)5-6/h1-5,13H. The third-order valence-corrected chi connectivity index (χ3v) is 3.30. The van der Waals surface area contributed by atoms with Crippen LogP contribution in [-0.2, 0) is 0 Å². The molecule has 1 N–H and O–H groups in total. The van der Waals surface area contributed by atoms with Gasteiger partial charge < -0.3 is 4.98 Å². The molecule has 1 aromatic heterocycles.